The number of nitrogens with one attached hydrogen (secondary N) is 1. The van der Waals surface area contributed by atoms with E-state index in [1.54, 1.807) is 0 Å². The smallest absolute Gasteiger partial charge is 0.0779 e. The standard InChI is InChI=1S/C16H23NO/c1-16(2)9-8-14-15(16)18-11-13(17-14)10-12-6-4-3-5-7-12/h3-7,13-15,17H,8-11H2,1-2H3. The van der Waals surface area contributed by atoms with Gasteiger partial charge in [-0.15, -0.1) is 0 Å². The van der Waals surface area contributed by atoms with Crippen molar-refractivity contribution in [2.75, 3.05) is 6.61 Å². The molecule has 1 aliphatic heterocycles. The van der Waals surface area contributed by atoms with Crippen molar-refractivity contribution in [1.82, 2.24) is 5.32 Å². The molecule has 1 aromatic rings. The van der Waals surface area contributed by atoms with Crippen molar-refractivity contribution in [3.8, 4) is 0 Å². The molecule has 2 aliphatic rings. The summed E-state index contributed by atoms with van der Waals surface area (Å²) >= 11 is 0. The predicted octanol–water partition coefficient (Wildman–Crippen LogP) is 2.77. The van der Waals surface area contributed by atoms with E-state index in [-0.39, 0.29) is 0 Å². The van der Waals surface area contributed by atoms with E-state index in [1.807, 2.05) is 0 Å². The summed E-state index contributed by atoms with van der Waals surface area (Å²) in [6, 6.07) is 11.7. The molecule has 1 N–H and O–H groups in total. The minimum atomic E-state index is 0.343. The lowest BCUT2D eigenvalue weighted by Gasteiger charge is -2.39. The number of benzene rings is 1. The largest absolute Gasteiger partial charge is 0.374 e. The molecule has 3 unspecified atom stereocenters. The number of fused-ring (bicyclic) bond motifs is 1. The van der Waals surface area contributed by atoms with Gasteiger partial charge in [0.1, 0.15) is 0 Å². The van der Waals surface area contributed by atoms with Crippen molar-refractivity contribution in [1.29, 1.82) is 0 Å². The van der Waals surface area contributed by atoms with Gasteiger partial charge in [0.2, 0.25) is 0 Å². The molecule has 1 saturated carbocycles. The highest BCUT2D eigenvalue weighted by Crippen LogP contribution is 2.41. The SMILES string of the molecule is CC1(C)CCC2NC(Cc3ccccc3)COC21. The van der Waals surface area contributed by atoms with Gasteiger partial charge in [-0.25, -0.2) is 0 Å². The second-order valence-electron chi connectivity index (χ2n) is 6.44. The van der Waals surface area contributed by atoms with Crippen LogP contribution in [0.2, 0.25) is 0 Å². The van der Waals surface area contributed by atoms with Crippen LogP contribution in [0.1, 0.15) is 32.3 Å². The first-order valence-electron chi connectivity index (χ1n) is 7.07. The van der Waals surface area contributed by atoms with E-state index in [9.17, 15) is 0 Å². The van der Waals surface area contributed by atoms with Gasteiger partial charge in [-0.2, -0.15) is 0 Å². The molecule has 2 heteroatoms. The van der Waals surface area contributed by atoms with Gasteiger partial charge in [-0.3, -0.25) is 0 Å². The number of rotatable bonds is 2. The summed E-state index contributed by atoms with van der Waals surface area (Å²) in [4.78, 5) is 0. The molecule has 0 aromatic heterocycles. The van der Waals surface area contributed by atoms with Gasteiger partial charge in [-0.1, -0.05) is 44.2 Å². The average Bonchev–Trinajstić information content (AvgIpc) is 2.66. The van der Waals surface area contributed by atoms with E-state index in [0.29, 0.717) is 23.6 Å². The van der Waals surface area contributed by atoms with Gasteiger partial charge in [0.25, 0.3) is 0 Å². The second-order valence-corrected chi connectivity index (χ2v) is 6.44. The molecule has 18 heavy (non-hydrogen) atoms. The van der Waals surface area contributed by atoms with Crippen LogP contribution in [0.25, 0.3) is 0 Å². The minimum absolute atomic E-state index is 0.343. The van der Waals surface area contributed by atoms with Crippen LogP contribution in [-0.4, -0.2) is 24.8 Å². The van der Waals surface area contributed by atoms with Crippen LogP contribution in [-0.2, 0) is 11.2 Å². The summed E-state index contributed by atoms with van der Waals surface area (Å²) in [5.74, 6) is 0. The van der Waals surface area contributed by atoms with Gasteiger partial charge in [-0.05, 0) is 30.2 Å². The Labute approximate surface area is 110 Å². The monoisotopic (exact) mass is 245 g/mol. The summed E-state index contributed by atoms with van der Waals surface area (Å²) < 4.78 is 6.14. The lowest BCUT2D eigenvalue weighted by atomic mass is 9.87. The molecular formula is C16H23NO. The molecule has 1 saturated heterocycles. The Hall–Kier alpha value is -0.860. The van der Waals surface area contributed by atoms with Crippen LogP contribution < -0.4 is 5.32 Å². The highest BCUT2D eigenvalue weighted by molar-refractivity contribution is 5.16. The highest BCUT2D eigenvalue weighted by atomic mass is 16.5. The summed E-state index contributed by atoms with van der Waals surface area (Å²) in [5.41, 5.74) is 1.74. The normalized spacial score (nSPS) is 34.2. The first kappa shape index (κ1) is 12.2. The molecule has 0 bridgehead atoms. The Bertz CT molecular complexity index is 401. The third-order valence-electron chi connectivity index (χ3n) is 4.49. The third-order valence-corrected chi connectivity index (χ3v) is 4.49. The molecule has 3 rings (SSSR count). The van der Waals surface area contributed by atoms with Crippen LogP contribution >= 0.6 is 0 Å². The zero-order chi connectivity index (χ0) is 12.6. The zero-order valence-electron chi connectivity index (χ0n) is 11.4. The molecule has 3 atom stereocenters. The summed E-state index contributed by atoms with van der Waals surface area (Å²) in [5, 5.41) is 3.79. The van der Waals surface area contributed by atoms with E-state index in [0.717, 1.165) is 13.0 Å². The van der Waals surface area contributed by atoms with Gasteiger partial charge in [0.15, 0.2) is 0 Å². The quantitative estimate of drug-likeness (QED) is 0.865. The fraction of sp³-hybridized carbons (Fsp3) is 0.625. The Morgan fingerprint density at radius 3 is 2.83 bits per heavy atom. The van der Waals surface area contributed by atoms with Crippen molar-refractivity contribution in [3.05, 3.63) is 35.9 Å². The van der Waals surface area contributed by atoms with Gasteiger partial charge in [0.05, 0.1) is 12.7 Å². The zero-order valence-corrected chi connectivity index (χ0v) is 11.4. The van der Waals surface area contributed by atoms with Crippen LogP contribution in [0.3, 0.4) is 0 Å². The highest BCUT2D eigenvalue weighted by Gasteiger charge is 2.45. The van der Waals surface area contributed by atoms with Crippen LogP contribution in [0.5, 0.6) is 0 Å². The molecule has 0 amide bonds. The maximum atomic E-state index is 6.14. The van der Waals surface area contributed by atoms with E-state index in [1.165, 1.54) is 18.4 Å². The first-order chi connectivity index (χ1) is 8.65. The topological polar surface area (TPSA) is 21.3 Å². The molecule has 2 nitrogen and oxygen atoms in total. The maximum absolute atomic E-state index is 6.14. The van der Waals surface area contributed by atoms with Gasteiger partial charge >= 0.3 is 0 Å². The van der Waals surface area contributed by atoms with Crippen LogP contribution in [0, 0.1) is 5.41 Å². The molecule has 2 fully saturated rings. The molecule has 0 spiro atoms. The van der Waals surface area contributed by atoms with Crippen molar-refractivity contribution in [3.63, 3.8) is 0 Å². The van der Waals surface area contributed by atoms with Gasteiger partial charge < -0.3 is 10.1 Å². The van der Waals surface area contributed by atoms with E-state index < -0.39 is 0 Å². The molecule has 1 heterocycles. The minimum Gasteiger partial charge on any atom is -0.374 e. The predicted molar refractivity (Wildman–Crippen MR) is 73.6 cm³/mol. The van der Waals surface area contributed by atoms with Crippen molar-refractivity contribution < 1.29 is 4.74 Å². The molecule has 1 aliphatic carbocycles. The van der Waals surface area contributed by atoms with Crippen molar-refractivity contribution >= 4 is 0 Å². The summed E-state index contributed by atoms with van der Waals surface area (Å²) in [6.45, 7) is 5.51. The molecular weight excluding hydrogens is 222 g/mol. The Morgan fingerprint density at radius 2 is 2.06 bits per heavy atom. The maximum Gasteiger partial charge on any atom is 0.0779 e. The van der Waals surface area contributed by atoms with Crippen LogP contribution in [0.4, 0.5) is 0 Å². The van der Waals surface area contributed by atoms with E-state index in [2.05, 4.69) is 49.5 Å². The Kier molecular flexibility index (Phi) is 3.16. The molecule has 0 radical (unpaired) electrons. The van der Waals surface area contributed by atoms with Gasteiger partial charge in [0, 0.05) is 12.1 Å². The lowest BCUT2D eigenvalue weighted by molar-refractivity contribution is -0.0605. The number of ether oxygens (including phenoxy) is 1. The fourth-order valence-electron chi connectivity index (χ4n) is 3.47. The van der Waals surface area contributed by atoms with Crippen molar-refractivity contribution in [2.24, 2.45) is 5.41 Å². The fourth-order valence-corrected chi connectivity index (χ4v) is 3.47. The molecule has 1 aromatic carbocycles. The summed E-state index contributed by atoms with van der Waals surface area (Å²) in [7, 11) is 0. The molecule has 98 valence electrons. The third kappa shape index (κ3) is 2.32. The summed E-state index contributed by atoms with van der Waals surface area (Å²) in [6.07, 6.45) is 4.01. The average molecular weight is 245 g/mol. The first-order valence-corrected chi connectivity index (χ1v) is 7.07. The lowest BCUT2D eigenvalue weighted by Crippen LogP contribution is -2.55. The number of hydrogen-bond donors (Lipinski definition) is 1. The van der Waals surface area contributed by atoms with Crippen LogP contribution in [0.15, 0.2) is 30.3 Å². The van der Waals surface area contributed by atoms with E-state index >= 15 is 0 Å². The second kappa shape index (κ2) is 4.67. The Morgan fingerprint density at radius 1 is 1.28 bits per heavy atom. The van der Waals surface area contributed by atoms with Crippen molar-refractivity contribution in [2.45, 2.75) is 51.3 Å². The number of morpholine rings is 1. The Balaban J connectivity index is 1.62. The van der Waals surface area contributed by atoms with E-state index in [4.69, 9.17) is 4.74 Å². The number of hydrogen-bond acceptors (Lipinski definition) is 2.